The van der Waals surface area contributed by atoms with Gasteiger partial charge < -0.3 is 5.11 Å². The predicted octanol–water partition coefficient (Wildman–Crippen LogP) is 1.80. The van der Waals surface area contributed by atoms with Gasteiger partial charge in [-0.3, -0.25) is 10.1 Å². The van der Waals surface area contributed by atoms with Gasteiger partial charge in [-0.25, -0.2) is 14.8 Å². The zero-order valence-electron chi connectivity index (χ0n) is 10.1. The zero-order chi connectivity index (χ0) is 13.9. The van der Waals surface area contributed by atoms with Crippen molar-refractivity contribution in [1.82, 2.24) is 9.97 Å². The molecule has 1 rings (SSSR count). The van der Waals surface area contributed by atoms with E-state index in [-0.39, 0.29) is 22.2 Å². The highest BCUT2D eigenvalue weighted by Gasteiger charge is 2.14. The summed E-state index contributed by atoms with van der Waals surface area (Å²) in [6.07, 6.45) is 0. The molecule has 0 aliphatic carbocycles. The topological polar surface area (TPSA) is 92.2 Å². The minimum absolute atomic E-state index is 0.0359. The minimum Gasteiger partial charge on any atom is -0.478 e. The number of hydrogen-bond donors (Lipinski definition) is 2. The average Bonchev–Trinajstić information content (AvgIpc) is 2.25. The van der Waals surface area contributed by atoms with E-state index in [9.17, 15) is 9.59 Å². The maximum Gasteiger partial charge on any atom is 0.331 e. The first-order chi connectivity index (χ1) is 8.31. The van der Waals surface area contributed by atoms with Gasteiger partial charge in [0.25, 0.3) is 5.91 Å². The second-order valence-electron chi connectivity index (χ2n) is 3.66. The van der Waals surface area contributed by atoms with E-state index in [4.69, 9.17) is 16.7 Å². The summed E-state index contributed by atoms with van der Waals surface area (Å²) >= 11 is 5.72. The second-order valence-corrected chi connectivity index (χ2v) is 4.05. The summed E-state index contributed by atoms with van der Waals surface area (Å²) in [5.74, 6) is -1.68. The molecule has 0 aromatic carbocycles. The number of nitrogens with zero attached hydrogens (tertiary/aromatic N) is 2. The number of aliphatic carboxylic acids is 1. The molecular weight excluding hydrogens is 258 g/mol. The van der Waals surface area contributed by atoms with Gasteiger partial charge in [0, 0.05) is 16.8 Å². The van der Waals surface area contributed by atoms with Crippen molar-refractivity contribution in [2.45, 2.75) is 20.8 Å². The summed E-state index contributed by atoms with van der Waals surface area (Å²) in [6, 6.07) is 1.54. The molecule has 0 unspecified atom stereocenters. The van der Waals surface area contributed by atoms with Gasteiger partial charge in [-0.2, -0.15) is 0 Å². The second kappa shape index (κ2) is 5.59. The van der Waals surface area contributed by atoms with Crippen LogP contribution in [0.2, 0.25) is 5.15 Å². The lowest BCUT2D eigenvalue weighted by molar-refractivity contribution is -0.133. The van der Waals surface area contributed by atoms with Gasteiger partial charge >= 0.3 is 5.97 Å². The third-order valence-electron chi connectivity index (χ3n) is 2.27. The summed E-state index contributed by atoms with van der Waals surface area (Å²) < 4.78 is 0. The largest absolute Gasteiger partial charge is 0.478 e. The van der Waals surface area contributed by atoms with Gasteiger partial charge in [0.05, 0.1) is 0 Å². The van der Waals surface area contributed by atoms with Crippen molar-refractivity contribution >= 4 is 29.4 Å². The number of hydrogen-bond acceptors (Lipinski definition) is 4. The van der Waals surface area contributed by atoms with E-state index >= 15 is 0 Å². The van der Waals surface area contributed by atoms with Crippen molar-refractivity contribution in [3.05, 3.63) is 28.1 Å². The Labute approximate surface area is 109 Å². The smallest absolute Gasteiger partial charge is 0.331 e. The first kappa shape index (κ1) is 14.1. The Morgan fingerprint density at radius 2 is 1.89 bits per heavy atom. The fourth-order valence-electron chi connectivity index (χ4n) is 1.11. The molecule has 7 heteroatoms. The van der Waals surface area contributed by atoms with E-state index in [1.165, 1.54) is 13.8 Å². The molecule has 1 aromatic rings. The van der Waals surface area contributed by atoms with Crippen molar-refractivity contribution < 1.29 is 14.7 Å². The van der Waals surface area contributed by atoms with E-state index in [2.05, 4.69) is 15.3 Å². The third kappa shape index (κ3) is 3.53. The number of carbonyl (C=O) groups excluding carboxylic acids is 1. The number of carbonyl (C=O) groups is 2. The van der Waals surface area contributed by atoms with Crippen LogP contribution in [0.5, 0.6) is 0 Å². The number of amides is 1. The number of halogens is 1. The highest BCUT2D eigenvalue weighted by Crippen LogP contribution is 2.11. The molecule has 0 spiro atoms. The monoisotopic (exact) mass is 269 g/mol. The third-order valence-corrected chi connectivity index (χ3v) is 2.47. The van der Waals surface area contributed by atoms with Crippen LogP contribution in [0.25, 0.3) is 0 Å². The molecule has 1 heterocycles. The Morgan fingerprint density at radius 1 is 1.28 bits per heavy atom. The van der Waals surface area contributed by atoms with Crippen LogP contribution in [0, 0.1) is 6.92 Å². The first-order valence-corrected chi connectivity index (χ1v) is 5.42. The van der Waals surface area contributed by atoms with Crippen LogP contribution >= 0.6 is 11.6 Å². The van der Waals surface area contributed by atoms with Crippen molar-refractivity contribution in [2.24, 2.45) is 0 Å². The summed E-state index contributed by atoms with van der Waals surface area (Å²) in [5.41, 5.74) is 0.650. The zero-order valence-corrected chi connectivity index (χ0v) is 10.9. The molecule has 0 radical (unpaired) electrons. The lowest BCUT2D eigenvalue weighted by atomic mass is 10.1. The van der Waals surface area contributed by atoms with E-state index in [0.29, 0.717) is 5.69 Å². The van der Waals surface area contributed by atoms with Crippen LogP contribution in [0.15, 0.2) is 17.2 Å². The average molecular weight is 270 g/mol. The van der Waals surface area contributed by atoms with Gasteiger partial charge in [0.1, 0.15) is 5.15 Å². The van der Waals surface area contributed by atoms with Crippen LogP contribution in [0.1, 0.15) is 19.5 Å². The van der Waals surface area contributed by atoms with Gasteiger partial charge in [-0.1, -0.05) is 11.6 Å². The predicted molar refractivity (Wildman–Crippen MR) is 66.4 cm³/mol. The molecular formula is C11H12ClN3O3. The van der Waals surface area contributed by atoms with E-state index < -0.39 is 11.9 Å². The van der Waals surface area contributed by atoms with Crippen LogP contribution < -0.4 is 5.32 Å². The summed E-state index contributed by atoms with van der Waals surface area (Å²) in [4.78, 5) is 30.2. The molecule has 96 valence electrons. The Balaban J connectivity index is 2.95. The number of carboxylic acid groups (broad SMARTS) is 1. The normalized spacial score (nSPS) is 11.8. The molecule has 0 aliphatic heterocycles. The van der Waals surface area contributed by atoms with Gasteiger partial charge in [0.2, 0.25) is 5.95 Å². The molecule has 2 N–H and O–H groups in total. The SMILES string of the molecule is C/C(C(=O)O)=C(/C)C(=O)Nc1nc(C)cc(Cl)n1. The molecule has 18 heavy (non-hydrogen) atoms. The maximum atomic E-state index is 11.7. The van der Waals surface area contributed by atoms with E-state index in [0.717, 1.165) is 0 Å². The van der Waals surface area contributed by atoms with Crippen molar-refractivity contribution in [1.29, 1.82) is 0 Å². The van der Waals surface area contributed by atoms with Gasteiger partial charge in [-0.05, 0) is 26.8 Å². The number of anilines is 1. The summed E-state index contributed by atoms with van der Waals surface area (Å²) in [7, 11) is 0. The van der Waals surface area contributed by atoms with Crippen molar-refractivity contribution in [2.75, 3.05) is 5.32 Å². The maximum absolute atomic E-state index is 11.7. The molecule has 6 nitrogen and oxygen atoms in total. The molecule has 0 fully saturated rings. The molecule has 0 bridgehead atoms. The van der Waals surface area contributed by atoms with Crippen LogP contribution in [-0.4, -0.2) is 27.0 Å². The number of aromatic nitrogens is 2. The summed E-state index contributed by atoms with van der Waals surface area (Å²) in [6.45, 7) is 4.46. The standard InChI is InChI=1S/C11H12ClN3O3/c1-5-4-8(12)14-11(13-5)15-9(16)6(2)7(3)10(17)18/h4H,1-3H3,(H,17,18)(H,13,14,15,16)/b7-6+. The highest BCUT2D eigenvalue weighted by molar-refractivity contribution is 6.29. The fraction of sp³-hybridized carbons (Fsp3) is 0.273. The Hall–Kier alpha value is -1.95. The molecule has 0 saturated carbocycles. The van der Waals surface area contributed by atoms with Crippen LogP contribution in [0.3, 0.4) is 0 Å². The molecule has 1 amide bonds. The van der Waals surface area contributed by atoms with Crippen LogP contribution in [-0.2, 0) is 9.59 Å². The lowest BCUT2D eigenvalue weighted by Crippen LogP contribution is -2.18. The van der Waals surface area contributed by atoms with Crippen molar-refractivity contribution in [3.8, 4) is 0 Å². The van der Waals surface area contributed by atoms with Crippen molar-refractivity contribution in [3.63, 3.8) is 0 Å². The Morgan fingerprint density at radius 3 is 2.39 bits per heavy atom. The minimum atomic E-state index is -1.15. The Kier molecular flexibility index (Phi) is 4.38. The molecule has 1 aromatic heterocycles. The van der Waals surface area contributed by atoms with E-state index in [1.54, 1.807) is 13.0 Å². The number of aryl methyl sites for hydroxylation is 1. The number of carboxylic acids is 1. The van der Waals surface area contributed by atoms with Gasteiger partial charge in [0.15, 0.2) is 0 Å². The van der Waals surface area contributed by atoms with E-state index in [1.807, 2.05) is 0 Å². The first-order valence-electron chi connectivity index (χ1n) is 5.04. The Bertz CT molecular complexity index is 520. The highest BCUT2D eigenvalue weighted by atomic mass is 35.5. The fourth-order valence-corrected chi connectivity index (χ4v) is 1.35. The van der Waals surface area contributed by atoms with Crippen LogP contribution in [0.4, 0.5) is 5.95 Å². The summed E-state index contributed by atoms with van der Waals surface area (Å²) in [5, 5.41) is 11.4. The molecule has 0 atom stereocenters. The molecule has 0 saturated heterocycles. The molecule has 0 aliphatic rings. The number of nitrogens with one attached hydrogen (secondary N) is 1. The quantitative estimate of drug-likeness (QED) is 0.645. The lowest BCUT2D eigenvalue weighted by Gasteiger charge is -2.06. The van der Waals surface area contributed by atoms with Gasteiger partial charge in [-0.15, -0.1) is 0 Å². The number of rotatable bonds is 3.